The number of fused-ring (bicyclic) bond motifs is 6. The second-order valence-electron chi connectivity index (χ2n) is 26.0. The normalized spacial score (nSPS) is 11.7. The molecule has 0 fully saturated rings. The molecule has 8 aromatic carbocycles. The summed E-state index contributed by atoms with van der Waals surface area (Å²) in [5.41, 5.74) is 15.2. The number of carbonyl (C=O) groups is 7. The zero-order valence-electron chi connectivity index (χ0n) is 67.1. The van der Waals surface area contributed by atoms with E-state index in [0.717, 1.165) is 83.5 Å². The van der Waals surface area contributed by atoms with Gasteiger partial charge in [0.2, 0.25) is 13.6 Å². The predicted octanol–water partition coefficient (Wildman–Crippen LogP) is 21.1. The van der Waals surface area contributed by atoms with Crippen LogP contribution >= 0.6 is 0 Å². The van der Waals surface area contributed by atoms with Crippen molar-refractivity contribution >= 4 is 53.9 Å². The zero-order chi connectivity index (χ0) is 82.0. The van der Waals surface area contributed by atoms with E-state index in [9.17, 15) is 33.6 Å². The lowest BCUT2D eigenvalue weighted by molar-refractivity contribution is -0.145. The maximum atomic E-state index is 12.8. The van der Waals surface area contributed by atoms with E-state index in [-0.39, 0.29) is 63.6 Å². The van der Waals surface area contributed by atoms with E-state index in [0.29, 0.717) is 63.9 Å². The van der Waals surface area contributed by atoms with Gasteiger partial charge < -0.3 is 47.4 Å². The molecule has 8 aromatic rings. The lowest BCUT2D eigenvalue weighted by Crippen LogP contribution is -2.16. The smallest absolute Gasteiger partial charge is 0.336 e. The Hall–Kier alpha value is -12.1. The van der Waals surface area contributed by atoms with Gasteiger partial charge in [0.1, 0.15) is 48.6 Å². The summed E-state index contributed by atoms with van der Waals surface area (Å²) in [5, 5.41) is 0. The van der Waals surface area contributed by atoms with Crippen LogP contribution < -0.4 is 23.7 Å². The number of rotatable bonds is 29. The van der Waals surface area contributed by atoms with Crippen LogP contribution in [-0.4, -0.2) is 55.4 Å². The van der Waals surface area contributed by atoms with Crippen LogP contribution in [0, 0.1) is 0 Å². The van der Waals surface area contributed by atoms with Crippen molar-refractivity contribution in [1.29, 1.82) is 0 Å². The van der Waals surface area contributed by atoms with Gasteiger partial charge >= 0.3 is 41.8 Å². The Balaban J connectivity index is 0.000000365. The minimum Gasteiger partial charge on any atom is -0.465 e. The third-order valence-electron chi connectivity index (χ3n) is 17.0. The van der Waals surface area contributed by atoms with Crippen molar-refractivity contribution in [2.45, 2.75) is 167 Å². The van der Waals surface area contributed by atoms with Gasteiger partial charge in [-0.15, -0.1) is 0 Å². The highest BCUT2D eigenvalue weighted by atomic mass is 16.7. The van der Waals surface area contributed by atoms with E-state index in [1.165, 1.54) is 6.08 Å². The summed E-state index contributed by atoms with van der Waals surface area (Å²) in [6.07, 6.45) is 7.82. The first-order valence-electron chi connectivity index (χ1n) is 37.3. The Morgan fingerprint density at radius 2 is 0.640 bits per heavy atom. The van der Waals surface area contributed by atoms with Crippen molar-refractivity contribution in [3.63, 3.8) is 0 Å². The summed E-state index contributed by atoms with van der Waals surface area (Å²) < 4.78 is 54.5. The topological polar surface area (TPSA) is 212 Å². The van der Waals surface area contributed by atoms with Gasteiger partial charge in [0, 0.05) is 52.0 Å². The highest BCUT2D eigenvalue weighted by Crippen LogP contribution is 2.52. The van der Waals surface area contributed by atoms with Crippen molar-refractivity contribution in [2.75, 3.05) is 13.6 Å². The summed E-state index contributed by atoms with van der Waals surface area (Å²) in [6, 6.07) is 52.6. The second kappa shape index (κ2) is 44.4. The van der Waals surface area contributed by atoms with Gasteiger partial charge in [-0.3, -0.25) is 9.59 Å². The third kappa shape index (κ3) is 26.6. The van der Waals surface area contributed by atoms with Crippen molar-refractivity contribution < 1.29 is 80.9 Å². The molecule has 0 saturated heterocycles. The fourth-order valence-corrected chi connectivity index (χ4v) is 11.2. The Bertz CT molecular complexity index is 4610. The summed E-state index contributed by atoms with van der Waals surface area (Å²) in [4.78, 5) is 84.6. The zero-order valence-corrected chi connectivity index (χ0v) is 67.1. The van der Waals surface area contributed by atoms with Gasteiger partial charge in [-0.05, 0) is 197 Å². The lowest BCUT2D eigenvalue weighted by Gasteiger charge is -2.22. The van der Waals surface area contributed by atoms with Crippen LogP contribution in [0.1, 0.15) is 185 Å². The SMILES string of the molecule is C=C(C)C(=O)OCOc1ccc(CCC(=O)Oc2ccc3c(c2)C(C)(C)c2cc(OC(=O)CCc4ccc(COC(=O)C(=C)C)cc4)ccc2-3)cc1.C=C(C)C(=O)OCc1ccc(C=COCOc2ccc3c(c2)C(C)(C)c2cc(OC(=O)C=Cc4ccc(COC(=O)C(=C)C)cc4)ccc2-3)cc1.CC.CC.CC.CC. The molecule has 584 valence electrons. The third-order valence-corrected chi connectivity index (χ3v) is 17.0. The van der Waals surface area contributed by atoms with Gasteiger partial charge in [0.05, 0.1) is 6.26 Å². The molecule has 0 N–H and O–H groups in total. The van der Waals surface area contributed by atoms with E-state index < -0.39 is 35.3 Å². The predicted molar refractivity (Wildman–Crippen MR) is 438 cm³/mol. The van der Waals surface area contributed by atoms with Crippen LogP contribution in [0.25, 0.3) is 34.4 Å². The molecule has 2 aliphatic rings. The molecule has 17 heteroatoms. The molecule has 0 saturated carbocycles. The van der Waals surface area contributed by atoms with Gasteiger partial charge in [-0.2, -0.15) is 0 Å². The standard InChI is InChI=1S/C43H42O9.C43H40O8.4C2H6/c1-27(2)41(46)48-25-31-9-7-29(8-10-31)13-21-39(44)51-33-17-19-35-36-20-18-34(24-38(36)43(5,6)37(35)23-33)52-40(45)22-14-30-11-15-32(16-12-30)49-26-50-42(47)28(3)4;1-28(2)41(45)48-25-32-11-7-30(8-12-32)15-20-40(44)51-35-17-19-37-36-18-16-34(23-38(36)43(5,6)39(37)24-35)50-27-47-22-21-31-9-13-33(14-10-31)26-49-42(46)29(3)4;4*1-2/h7-12,15-20,23-24H,1,3,13-14,21-22,25-26H2,2,4-6H3;7-24H,1,3,25-27H2,2,4-6H3;4*1-2H3. The first-order valence-corrected chi connectivity index (χ1v) is 37.3. The van der Waals surface area contributed by atoms with Crippen LogP contribution in [0.2, 0.25) is 0 Å². The molecule has 0 aromatic heterocycles. The molecule has 0 amide bonds. The monoisotopic (exact) mass is 1510 g/mol. The molecule has 0 spiro atoms. The van der Waals surface area contributed by atoms with Crippen molar-refractivity contribution in [3.05, 3.63) is 292 Å². The molecular formula is C94H106O17. The summed E-state index contributed by atoms with van der Waals surface area (Å²) in [7, 11) is 0. The van der Waals surface area contributed by atoms with Crippen LogP contribution in [0.3, 0.4) is 0 Å². The molecule has 0 heterocycles. The maximum absolute atomic E-state index is 12.8. The molecule has 111 heavy (non-hydrogen) atoms. The Labute approximate surface area is 655 Å². The van der Waals surface area contributed by atoms with Crippen molar-refractivity contribution in [3.8, 4) is 51.0 Å². The van der Waals surface area contributed by atoms with Crippen LogP contribution in [0.15, 0.2) is 231 Å². The molecule has 0 bridgehead atoms. The average Bonchev–Trinajstić information content (AvgIpc) is 1.59. The first kappa shape index (κ1) is 89.5. The van der Waals surface area contributed by atoms with Crippen LogP contribution in [0.4, 0.5) is 0 Å². The maximum Gasteiger partial charge on any atom is 0.336 e. The second-order valence-corrected chi connectivity index (χ2v) is 26.0. The summed E-state index contributed by atoms with van der Waals surface area (Å²) in [6.45, 7) is 45.4. The van der Waals surface area contributed by atoms with Crippen LogP contribution in [0.5, 0.6) is 28.7 Å². The summed E-state index contributed by atoms with van der Waals surface area (Å²) >= 11 is 0. The quantitative estimate of drug-likeness (QED) is 0.00811. The van der Waals surface area contributed by atoms with Crippen molar-refractivity contribution in [1.82, 2.24) is 0 Å². The van der Waals surface area contributed by atoms with Gasteiger partial charge in [0.25, 0.3) is 0 Å². The minimum absolute atomic E-state index is 0.0280. The first-order chi connectivity index (χ1) is 53.2. The van der Waals surface area contributed by atoms with Gasteiger partial charge in [0.15, 0.2) is 0 Å². The number of carbonyl (C=O) groups excluding carboxylic acids is 7. The number of benzene rings is 8. The van der Waals surface area contributed by atoms with E-state index in [1.807, 2.05) is 201 Å². The van der Waals surface area contributed by atoms with E-state index in [1.54, 1.807) is 70.4 Å². The Morgan fingerprint density at radius 3 is 1.02 bits per heavy atom. The number of hydrogen-bond donors (Lipinski definition) is 0. The average molecular weight is 1510 g/mol. The molecular weight excluding hydrogens is 1400 g/mol. The molecule has 2 aliphatic carbocycles. The number of hydrogen-bond acceptors (Lipinski definition) is 17. The van der Waals surface area contributed by atoms with Gasteiger partial charge in [-0.1, -0.05) is 219 Å². The van der Waals surface area contributed by atoms with E-state index in [2.05, 4.69) is 54.0 Å². The number of ether oxygens (including phenoxy) is 10. The largest absolute Gasteiger partial charge is 0.465 e. The van der Waals surface area contributed by atoms with Crippen LogP contribution in [-0.2, 0) is 101 Å². The fraction of sp³-hybridized carbons (Fsp3) is 0.287. The Morgan fingerprint density at radius 1 is 0.342 bits per heavy atom. The molecule has 10 rings (SSSR count). The molecule has 0 unspecified atom stereocenters. The lowest BCUT2D eigenvalue weighted by atomic mass is 9.82. The highest BCUT2D eigenvalue weighted by Gasteiger charge is 2.38. The minimum atomic E-state index is -0.519. The molecule has 0 aliphatic heterocycles. The number of esters is 7. The van der Waals surface area contributed by atoms with E-state index in [4.69, 9.17) is 47.4 Å². The van der Waals surface area contributed by atoms with Gasteiger partial charge in [-0.25, -0.2) is 24.0 Å². The molecule has 0 atom stereocenters. The molecule has 0 radical (unpaired) electrons. The van der Waals surface area contributed by atoms with Crippen molar-refractivity contribution in [2.24, 2.45) is 0 Å². The van der Waals surface area contributed by atoms with E-state index >= 15 is 0 Å². The fourth-order valence-electron chi connectivity index (χ4n) is 11.2. The Kier molecular flexibility index (Phi) is 35.8. The molecule has 17 nitrogen and oxygen atoms in total. The highest BCUT2D eigenvalue weighted by molar-refractivity contribution is 5.91. The number of aryl methyl sites for hydroxylation is 2. The summed E-state index contributed by atoms with van der Waals surface area (Å²) in [5.74, 6) is -0.388.